The van der Waals surface area contributed by atoms with E-state index in [0.29, 0.717) is 12.0 Å². The molecule has 0 spiro atoms. The van der Waals surface area contributed by atoms with Gasteiger partial charge >= 0.3 is 11.9 Å². The molecular formula is C25H24O6. The molecule has 0 saturated heterocycles. The zero-order valence-electron chi connectivity index (χ0n) is 17.1. The van der Waals surface area contributed by atoms with Crippen molar-refractivity contribution in [1.29, 1.82) is 0 Å². The molecule has 3 rings (SSSR count). The van der Waals surface area contributed by atoms with Crippen LogP contribution >= 0.6 is 0 Å². The first-order valence-electron chi connectivity index (χ1n) is 9.86. The number of hydrogen-bond acceptors (Lipinski definition) is 5. The highest BCUT2D eigenvalue weighted by Crippen LogP contribution is 2.38. The normalized spacial score (nSPS) is 12.2. The summed E-state index contributed by atoms with van der Waals surface area (Å²) in [4.78, 5) is 24.2. The lowest BCUT2D eigenvalue weighted by Crippen LogP contribution is -2.26. The smallest absolute Gasteiger partial charge is 0.349 e. The van der Waals surface area contributed by atoms with Crippen molar-refractivity contribution < 1.29 is 29.6 Å². The second kappa shape index (κ2) is 9.34. The average Bonchev–Trinajstić information content (AvgIpc) is 2.77. The number of phenolic OH excluding ortho intramolecular Hbond substituents is 2. The van der Waals surface area contributed by atoms with E-state index in [4.69, 9.17) is 4.74 Å². The Morgan fingerprint density at radius 1 is 0.839 bits per heavy atom. The van der Waals surface area contributed by atoms with Crippen molar-refractivity contribution in [2.45, 2.75) is 31.3 Å². The number of hydrogen-bond donors (Lipinski definition) is 3. The van der Waals surface area contributed by atoms with Crippen LogP contribution in [-0.2, 0) is 19.7 Å². The van der Waals surface area contributed by atoms with Crippen molar-refractivity contribution >= 4 is 11.9 Å². The Kier molecular flexibility index (Phi) is 6.60. The van der Waals surface area contributed by atoms with E-state index in [2.05, 4.69) is 0 Å². The zero-order valence-corrected chi connectivity index (χ0v) is 17.1. The lowest BCUT2D eigenvalue weighted by molar-refractivity contribution is -0.164. The number of carbonyl (C=O) groups is 2. The third-order valence-corrected chi connectivity index (χ3v) is 5.41. The minimum Gasteiger partial charge on any atom is -0.508 e. The van der Waals surface area contributed by atoms with Gasteiger partial charge in [0.05, 0.1) is 0 Å². The number of carboxylic acids is 1. The lowest BCUT2D eigenvalue weighted by Gasteiger charge is -2.31. The van der Waals surface area contributed by atoms with Crippen LogP contribution in [0.1, 0.15) is 42.6 Å². The first-order valence-corrected chi connectivity index (χ1v) is 9.86. The van der Waals surface area contributed by atoms with Crippen molar-refractivity contribution in [2.24, 2.45) is 0 Å². The molecule has 0 aliphatic heterocycles. The maximum absolute atomic E-state index is 12.6. The van der Waals surface area contributed by atoms with E-state index >= 15 is 0 Å². The first-order chi connectivity index (χ1) is 14.8. The van der Waals surface area contributed by atoms with Gasteiger partial charge in [-0.2, -0.15) is 0 Å². The lowest BCUT2D eigenvalue weighted by atomic mass is 9.73. The van der Waals surface area contributed by atoms with Crippen LogP contribution in [0.5, 0.6) is 11.5 Å². The van der Waals surface area contributed by atoms with Crippen LogP contribution in [0.4, 0.5) is 0 Å². The van der Waals surface area contributed by atoms with E-state index in [9.17, 15) is 24.9 Å². The minimum absolute atomic E-state index is 0.0190. The number of ether oxygens (including phenoxy) is 1. The third kappa shape index (κ3) is 5.22. The Morgan fingerprint density at radius 3 is 1.77 bits per heavy atom. The van der Waals surface area contributed by atoms with Gasteiger partial charge in [0.15, 0.2) is 0 Å². The van der Waals surface area contributed by atoms with Crippen LogP contribution in [0.2, 0.25) is 0 Å². The Balaban J connectivity index is 1.81. The summed E-state index contributed by atoms with van der Waals surface area (Å²) in [5.74, 6) is -1.61. The van der Waals surface area contributed by atoms with Crippen LogP contribution in [-0.4, -0.2) is 27.3 Å². The average molecular weight is 420 g/mol. The number of phenols is 2. The Hall–Kier alpha value is -3.80. The van der Waals surface area contributed by atoms with E-state index in [0.717, 1.165) is 11.1 Å². The fourth-order valence-electron chi connectivity index (χ4n) is 3.55. The summed E-state index contributed by atoms with van der Waals surface area (Å²) in [6.45, 7) is 1.95. The van der Waals surface area contributed by atoms with Crippen LogP contribution in [0.3, 0.4) is 0 Å². The van der Waals surface area contributed by atoms with Crippen molar-refractivity contribution in [3.63, 3.8) is 0 Å². The van der Waals surface area contributed by atoms with Gasteiger partial charge in [0.25, 0.3) is 0 Å². The number of aromatic hydroxyl groups is 2. The third-order valence-electron chi connectivity index (χ3n) is 5.41. The Bertz CT molecular complexity index is 980. The zero-order chi connectivity index (χ0) is 22.4. The predicted molar refractivity (Wildman–Crippen MR) is 115 cm³/mol. The summed E-state index contributed by atoms with van der Waals surface area (Å²) in [6.07, 6.45) is -1.06. The maximum atomic E-state index is 12.6. The molecule has 1 atom stereocenters. The van der Waals surface area contributed by atoms with Crippen LogP contribution in [0.15, 0.2) is 78.9 Å². The van der Waals surface area contributed by atoms with Gasteiger partial charge in [-0.15, -0.1) is 0 Å². The summed E-state index contributed by atoms with van der Waals surface area (Å²) < 4.78 is 5.28. The second-order valence-electron chi connectivity index (χ2n) is 7.54. The molecule has 0 heterocycles. The molecule has 0 aliphatic rings. The van der Waals surface area contributed by atoms with Gasteiger partial charge in [0.1, 0.15) is 11.5 Å². The first kappa shape index (κ1) is 21.9. The molecule has 1 unspecified atom stereocenters. The van der Waals surface area contributed by atoms with Crippen LogP contribution < -0.4 is 0 Å². The summed E-state index contributed by atoms with van der Waals surface area (Å²) in [6, 6.07) is 21.7. The highest BCUT2D eigenvalue weighted by molar-refractivity contribution is 5.79. The molecule has 0 amide bonds. The van der Waals surface area contributed by atoms with Gasteiger partial charge in [0, 0.05) is 17.4 Å². The van der Waals surface area contributed by atoms with Gasteiger partial charge in [-0.25, -0.2) is 4.79 Å². The van der Waals surface area contributed by atoms with E-state index in [1.165, 1.54) is 0 Å². The predicted octanol–water partition coefficient (Wildman–Crippen LogP) is 4.55. The molecule has 0 saturated carbocycles. The minimum atomic E-state index is -1.37. The molecule has 3 N–H and O–H groups in total. The highest BCUT2D eigenvalue weighted by atomic mass is 16.6. The molecule has 6 heteroatoms. The topological polar surface area (TPSA) is 104 Å². The molecule has 160 valence electrons. The molecule has 0 aliphatic carbocycles. The van der Waals surface area contributed by atoms with Gasteiger partial charge in [-0.3, -0.25) is 4.79 Å². The number of carboxylic acid groups (broad SMARTS) is 1. The molecule has 0 radical (unpaired) electrons. The van der Waals surface area contributed by atoms with E-state index in [-0.39, 0.29) is 17.9 Å². The number of benzene rings is 3. The molecule has 0 aromatic heterocycles. The van der Waals surface area contributed by atoms with Crippen LogP contribution in [0.25, 0.3) is 0 Å². The molecule has 31 heavy (non-hydrogen) atoms. The van der Waals surface area contributed by atoms with Gasteiger partial charge in [0.2, 0.25) is 6.10 Å². The van der Waals surface area contributed by atoms with E-state index in [1.54, 1.807) is 78.9 Å². The molecule has 3 aromatic rings. The number of rotatable bonds is 8. The SMILES string of the molecule is CC(CCC(=O)OC(C(=O)O)c1ccccc1)(c1ccc(O)cc1)c1ccc(O)cc1. The molecular weight excluding hydrogens is 396 g/mol. The summed E-state index contributed by atoms with van der Waals surface area (Å²) in [5.41, 5.74) is 1.48. The largest absolute Gasteiger partial charge is 0.508 e. The van der Waals surface area contributed by atoms with Gasteiger partial charge in [-0.05, 0) is 41.8 Å². The quantitative estimate of drug-likeness (QED) is 0.462. The summed E-state index contributed by atoms with van der Waals surface area (Å²) >= 11 is 0. The molecule has 3 aromatic carbocycles. The maximum Gasteiger partial charge on any atom is 0.349 e. The van der Waals surface area contributed by atoms with Crippen molar-refractivity contribution in [3.05, 3.63) is 95.6 Å². The van der Waals surface area contributed by atoms with E-state index < -0.39 is 23.5 Å². The van der Waals surface area contributed by atoms with Gasteiger partial charge < -0.3 is 20.1 Å². The second-order valence-corrected chi connectivity index (χ2v) is 7.54. The molecule has 0 bridgehead atoms. The molecule has 0 fully saturated rings. The highest BCUT2D eigenvalue weighted by Gasteiger charge is 2.31. The Morgan fingerprint density at radius 2 is 1.32 bits per heavy atom. The summed E-state index contributed by atoms with van der Waals surface area (Å²) in [5, 5.41) is 28.8. The fraction of sp³-hybridized carbons (Fsp3) is 0.200. The molecule has 6 nitrogen and oxygen atoms in total. The monoisotopic (exact) mass is 420 g/mol. The fourth-order valence-corrected chi connectivity index (χ4v) is 3.55. The van der Waals surface area contributed by atoms with Crippen molar-refractivity contribution in [2.75, 3.05) is 0 Å². The number of aliphatic carboxylic acids is 1. The Labute approximate surface area is 180 Å². The van der Waals surface area contributed by atoms with Gasteiger partial charge in [-0.1, -0.05) is 61.5 Å². The summed E-state index contributed by atoms with van der Waals surface area (Å²) in [7, 11) is 0. The van der Waals surface area contributed by atoms with Crippen molar-refractivity contribution in [3.8, 4) is 11.5 Å². The van der Waals surface area contributed by atoms with Crippen LogP contribution in [0, 0.1) is 0 Å². The van der Waals surface area contributed by atoms with E-state index in [1.807, 2.05) is 6.92 Å². The van der Waals surface area contributed by atoms with Crippen molar-refractivity contribution in [1.82, 2.24) is 0 Å². The number of esters is 1. The number of carbonyl (C=O) groups excluding carboxylic acids is 1. The standard InChI is InChI=1S/C25H24O6/c1-25(18-7-11-20(26)12-8-18,19-9-13-21(27)14-10-19)16-15-22(28)31-23(24(29)30)17-5-3-2-4-6-17/h2-14,23,26-27H,15-16H2,1H3,(H,29,30).